The van der Waals surface area contributed by atoms with E-state index in [9.17, 15) is 39.5 Å². The first-order valence-corrected chi connectivity index (χ1v) is 6.64. The van der Waals surface area contributed by atoms with Crippen LogP contribution in [0.2, 0.25) is 0 Å². The third-order valence-electron chi connectivity index (χ3n) is 3.27. The highest BCUT2D eigenvalue weighted by molar-refractivity contribution is 6.26. The van der Waals surface area contributed by atoms with Gasteiger partial charge in [-0.25, -0.2) is 9.07 Å². The Morgan fingerprint density at radius 2 is 1.73 bits per heavy atom. The van der Waals surface area contributed by atoms with Gasteiger partial charge in [-0.2, -0.15) is 45.5 Å². The minimum Gasteiger partial charge on any atom is -0.382 e. The minimum absolute atomic E-state index is 0.258. The van der Waals surface area contributed by atoms with Crippen molar-refractivity contribution in [1.82, 2.24) is 9.78 Å². The van der Waals surface area contributed by atoms with Gasteiger partial charge in [0.2, 0.25) is 0 Å². The molecular weight excluding hydrogens is 407 g/mol. The normalized spacial score (nSPS) is 20.8. The van der Waals surface area contributed by atoms with Crippen molar-refractivity contribution in [2.75, 3.05) is 5.73 Å². The van der Waals surface area contributed by atoms with Gasteiger partial charge in [-0.3, -0.25) is 0 Å². The number of rotatable bonds is 1. The average Bonchev–Trinajstić information content (AvgIpc) is 2.79. The van der Waals surface area contributed by atoms with E-state index in [1.54, 1.807) is 0 Å². The number of hydrogen-bond donors (Lipinski definition) is 1. The fourth-order valence-electron chi connectivity index (χ4n) is 2.13. The smallest absolute Gasteiger partial charge is 0.382 e. The molecular formula is C12H4ClF9N4. The number of halogens is 10. The molecule has 1 aliphatic carbocycles. The van der Waals surface area contributed by atoms with Crippen LogP contribution in [0, 0.1) is 11.3 Å². The summed E-state index contributed by atoms with van der Waals surface area (Å²) in [7, 11) is 0. The Bertz CT molecular complexity index is 854. The molecule has 0 aliphatic heterocycles. The van der Waals surface area contributed by atoms with Gasteiger partial charge in [-0.1, -0.05) is 0 Å². The molecule has 1 heterocycles. The molecule has 0 saturated carbocycles. The van der Waals surface area contributed by atoms with Crippen LogP contribution in [0.1, 0.15) is 11.3 Å². The zero-order valence-corrected chi connectivity index (χ0v) is 12.6. The predicted octanol–water partition coefficient (Wildman–Crippen LogP) is 4.24. The molecule has 0 radical (unpaired) electrons. The topological polar surface area (TPSA) is 67.6 Å². The van der Waals surface area contributed by atoms with Crippen molar-refractivity contribution in [1.29, 1.82) is 5.26 Å². The van der Waals surface area contributed by atoms with Crippen LogP contribution in [0.15, 0.2) is 17.5 Å². The summed E-state index contributed by atoms with van der Waals surface area (Å²) in [6.07, 6.45) is -11.5. The van der Waals surface area contributed by atoms with E-state index < -0.39 is 63.9 Å². The average molecular weight is 411 g/mol. The number of nitrogens with zero attached hydrogens (tertiary/aromatic N) is 3. The number of nitriles is 1. The van der Waals surface area contributed by atoms with Gasteiger partial charge in [0, 0.05) is 0 Å². The lowest BCUT2D eigenvalue weighted by Gasteiger charge is -2.31. The number of alkyl halides is 9. The van der Waals surface area contributed by atoms with E-state index >= 15 is 0 Å². The van der Waals surface area contributed by atoms with Gasteiger partial charge < -0.3 is 5.73 Å². The first-order valence-electron chi connectivity index (χ1n) is 6.21. The highest BCUT2D eigenvalue weighted by Crippen LogP contribution is 2.49. The van der Waals surface area contributed by atoms with Crippen LogP contribution in [0.5, 0.6) is 0 Å². The lowest BCUT2D eigenvalue weighted by molar-refractivity contribution is -0.141. The summed E-state index contributed by atoms with van der Waals surface area (Å²) < 4.78 is 118. The molecule has 0 saturated heterocycles. The van der Waals surface area contributed by atoms with Crippen LogP contribution in [0.25, 0.3) is 5.70 Å². The van der Waals surface area contributed by atoms with Gasteiger partial charge in [0.05, 0.1) is 0 Å². The fourth-order valence-corrected chi connectivity index (χ4v) is 2.44. The maximum Gasteiger partial charge on any atom is 0.436 e. The first-order chi connectivity index (χ1) is 11.6. The largest absolute Gasteiger partial charge is 0.436 e. The van der Waals surface area contributed by atoms with Crippen molar-refractivity contribution in [2.24, 2.45) is 0 Å². The van der Waals surface area contributed by atoms with E-state index in [-0.39, 0.29) is 4.68 Å². The van der Waals surface area contributed by atoms with Crippen molar-refractivity contribution in [3.05, 3.63) is 28.7 Å². The molecule has 1 unspecified atom stereocenters. The Balaban J connectivity index is 2.79. The number of nitrogens with two attached hydrogens (primary N) is 1. The molecule has 1 atom stereocenters. The lowest BCUT2D eigenvalue weighted by atomic mass is 9.96. The summed E-state index contributed by atoms with van der Waals surface area (Å²) in [5.41, 5.74) is -2.24. The summed E-state index contributed by atoms with van der Waals surface area (Å²) in [6.45, 7) is 0. The van der Waals surface area contributed by atoms with Crippen LogP contribution in [0.3, 0.4) is 0 Å². The van der Waals surface area contributed by atoms with Crippen LogP contribution in [-0.4, -0.2) is 27.3 Å². The van der Waals surface area contributed by atoms with Gasteiger partial charge in [0.25, 0.3) is 5.92 Å². The molecule has 2 rings (SSSR count). The molecule has 1 aromatic rings. The molecule has 0 bridgehead atoms. The second-order valence-corrected chi connectivity index (χ2v) is 5.34. The third kappa shape index (κ3) is 2.98. The SMILES string of the molecule is N#Cc1c(C(F)(F)F)nn(C2=C(F)C=C(C(F)(F)F)C(F)(F)C2Cl)c1N. The molecule has 0 fully saturated rings. The Kier molecular flexibility index (Phi) is 4.48. The summed E-state index contributed by atoms with van der Waals surface area (Å²) in [4.78, 5) is 0. The maximum absolute atomic E-state index is 14.0. The van der Waals surface area contributed by atoms with Crippen molar-refractivity contribution >= 4 is 23.1 Å². The Morgan fingerprint density at radius 1 is 1.19 bits per heavy atom. The number of aromatic nitrogens is 2. The summed E-state index contributed by atoms with van der Waals surface area (Å²) >= 11 is 5.23. The van der Waals surface area contributed by atoms with E-state index in [1.807, 2.05) is 0 Å². The van der Waals surface area contributed by atoms with E-state index in [1.165, 1.54) is 0 Å². The van der Waals surface area contributed by atoms with E-state index in [0.717, 1.165) is 6.07 Å². The Hall–Kier alpha value is -2.36. The fraction of sp³-hybridized carbons (Fsp3) is 0.333. The second kappa shape index (κ2) is 5.83. The maximum atomic E-state index is 14.0. The molecule has 142 valence electrons. The summed E-state index contributed by atoms with van der Waals surface area (Å²) in [5.74, 6) is -8.15. The minimum atomic E-state index is -5.66. The molecule has 1 aliphatic rings. The monoisotopic (exact) mass is 410 g/mol. The van der Waals surface area contributed by atoms with Gasteiger partial charge in [-0.05, 0) is 6.08 Å². The number of allylic oxidation sites excluding steroid dienone is 4. The van der Waals surface area contributed by atoms with Crippen molar-refractivity contribution in [2.45, 2.75) is 23.7 Å². The van der Waals surface area contributed by atoms with Crippen LogP contribution >= 0.6 is 11.6 Å². The van der Waals surface area contributed by atoms with Crippen LogP contribution in [0.4, 0.5) is 45.3 Å². The lowest BCUT2D eigenvalue weighted by Crippen LogP contribution is -2.42. The number of hydrogen-bond acceptors (Lipinski definition) is 3. The summed E-state index contributed by atoms with van der Waals surface area (Å²) in [5, 5.41) is 8.37. The van der Waals surface area contributed by atoms with Crippen LogP contribution in [-0.2, 0) is 6.18 Å². The third-order valence-corrected chi connectivity index (χ3v) is 3.75. The number of anilines is 1. The van der Waals surface area contributed by atoms with E-state index in [0.29, 0.717) is 0 Å². The predicted molar refractivity (Wildman–Crippen MR) is 69.4 cm³/mol. The molecule has 0 amide bonds. The Labute approximate surface area is 142 Å². The quantitative estimate of drug-likeness (QED) is 0.556. The van der Waals surface area contributed by atoms with Crippen molar-refractivity contribution in [3.63, 3.8) is 0 Å². The highest BCUT2D eigenvalue weighted by atomic mass is 35.5. The zero-order chi connectivity index (χ0) is 20.2. The van der Waals surface area contributed by atoms with E-state index in [4.69, 9.17) is 22.6 Å². The Morgan fingerprint density at radius 3 is 2.12 bits per heavy atom. The van der Waals surface area contributed by atoms with Gasteiger partial charge in [0.1, 0.15) is 39.9 Å². The van der Waals surface area contributed by atoms with Gasteiger partial charge in [0.15, 0.2) is 5.69 Å². The highest BCUT2D eigenvalue weighted by Gasteiger charge is 2.58. The van der Waals surface area contributed by atoms with Crippen molar-refractivity contribution < 1.29 is 39.5 Å². The molecule has 26 heavy (non-hydrogen) atoms. The standard InChI is InChI=1S/C12H4ClF9N4/c13-7-6(4(14)1-5(10(7,15)16)11(17,18)19)26-9(24)3(2-23)8(25-26)12(20,21)22/h1,7H,24H2. The molecule has 0 aromatic carbocycles. The zero-order valence-electron chi connectivity index (χ0n) is 11.9. The van der Waals surface area contributed by atoms with Gasteiger partial charge in [-0.15, -0.1) is 11.6 Å². The molecule has 1 aromatic heterocycles. The first kappa shape index (κ1) is 20.0. The number of nitrogen functional groups attached to an aromatic ring is 1. The van der Waals surface area contributed by atoms with E-state index in [2.05, 4.69) is 5.10 Å². The molecule has 4 nitrogen and oxygen atoms in total. The van der Waals surface area contributed by atoms with Crippen molar-refractivity contribution in [3.8, 4) is 6.07 Å². The molecule has 0 spiro atoms. The second-order valence-electron chi connectivity index (χ2n) is 4.90. The van der Waals surface area contributed by atoms with Crippen LogP contribution < -0.4 is 5.73 Å². The van der Waals surface area contributed by atoms with Gasteiger partial charge >= 0.3 is 12.4 Å². The summed E-state index contributed by atoms with van der Waals surface area (Å²) in [6, 6.07) is 1.01. The molecule has 2 N–H and O–H groups in total. The molecule has 14 heteroatoms.